The van der Waals surface area contributed by atoms with Crippen molar-refractivity contribution < 1.29 is 9.47 Å². The Hall–Kier alpha value is -2.00. The third-order valence-corrected chi connectivity index (χ3v) is 3.56. The fourth-order valence-corrected chi connectivity index (χ4v) is 2.40. The predicted molar refractivity (Wildman–Crippen MR) is 79.1 cm³/mol. The SMILES string of the molecule is C[C@H](N)c1ccc(OCC2Cc3ccccc3O2)cc1. The second-order valence-corrected chi connectivity index (χ2v) is 5.22. The van der Waals surface area contributed by atoms with Crippen LogP contribution in [0.5, 0.6) is 11.5 Å². The topological polar surface area (TPSA) is 44.5 Å². The molecule has 2 aromatic rings. The Morgan fingerprint density at radius 3 is 2.65 bits per heavy atom. The van der Waals surface area contributed by atoms with Crippen LogP contribution in [0.3, 0.4) is 0 Å². The second-order valence-electron chi connectivity index (χ2n) is 5.22. The number of nitrogens with two attached hydrogens (primary N) is 1. The summed E-state index contributed by atoms with van der Waals surface area (Å²) in [6.45, 7) is 2.53. The van der Waals surface area contributed by atoms with Crippen molar-refractivity contribution in [2.45, 2.75) is 25.5 Å². The van der Waals surface area contributed by atoms with E-state index in [-0.39, 0.29) is 12.1 Å². The Balaban J connectivity index is 1.56. The van der Waals surface area contributed by atoms with Crippen LogP contribution in [0, 0.1) is 0 Å². The Morgan fingerprint density at radius 1 is 1.20 bits per heavy atom. The van der Waals surface area contributed by atoms with Crippen LogP contribution in [0.2, 0.25) is 0 Å². The van der Waals surface area contributed by atoms with Gasteiger partial charge in [-0.25, -0.2) is 0 Å². The largest absolute Gasteiger partial charge is 0.490 e. The zero-order chi connectivity index (χ0) is 13.9. The highest BCUT2D eigenvalue weighted by molar-refractivity contribution is 5.37. The van der Waals surface area contributed by atoms with E-state index in [0.717, 1.165) is 23.5 Å². The lowest BCUT2D eigenvalue weighted by Gasteiger charge is -2.13. The van der Waals surface area contributed by atoms with Crippen LogP contribution in [0.15, 0.2) is 48.5 Å². The molecule has 1 unspecified atom stereocenters. The van der Waals surface area contributed by atoms with E-state index in [2.05, 4.69) is 6.07 Å². The lowest BCUT2D eigenvalue weighted by atomic mass is 10.1. The van der Waals surface area contributed by atoms with Gasteiger partial charge in [0.05, 0.1) is 0 Å². The van der Waals surface area contributed by atoms with E-state index in [9.17, 15) is 0 Å². The number of fused-ring (bicyclic) bond motifs is 1. The van der Waals surface area contributed by atoms with Gasteiger partial charge in [0, 0.05) is 12.5 Å². The number of para-hydroxylation sites is 1. The molecule has 0 aromatic heterocycles. The molecule has 0 bridgehead atoms. The summed E-state index contributed by atoms with van der Waals surface area (Å²) in [6, 6.07) is 16.1. The zero-order valence-corrected chi connectivity index (χ0v) is 11.6. The Labute approximate surface area is 119 Å². The third kappa shape index (κ3) is 2.78. The number of ether oxygens (including phenoxy) is 2. The van der Waals surface area contributed by atoms with Crippen molar-refractivity contribution in [2.24, 2.45) is 5.73 Å². The van der Waals surface area contributed by atoms with Crippen LogP contribution in [-0.4, -0.2) is 12.7 Å². The quantitative estimate of drug-likeness (QED) is 0.927. The van der Waals surface area contributed by atoms with E-state index >= 15 is 0 Å². The van der Waals surface area contributed by atoms with Crippen LogP contribution < -0.4 is 15.2 Å². The molecule has 3 heteroatoms. The molecule has 1 heterocycles. The van der Waals surface area contributed by atoms with Gasteiger partial charge < -0.3 is 15.2 Å². The summed E-state index contributed by atoms with van der Waals surface area (Å²) >= 11 is 0. The number of benzene rings is 2. The van der Waals surface area contributed by atoms with Crippen molar-refractivity contribution in [3.05, 3.63) is 59.7 Å². The van der Waals surface area contributed by atoms with Crippen LogP contribution in [0.4, 0.5) is 0 Å². The molecule has 3 nitrogen and oxygen atoms in total. The normalized spacial score (nSPS) is 18.2. The number of hydrogen-bond acceptors (Lipinski definition) is 3. The molecular weight excluding hydrogens is 250 g/mol. The third-order valence-electron chi connectivity index (χ3n) is 3.56. The van der Waals surface area contributed by atoms with E-state index in [4.69, 9.17) is 15.2 Å². The molecule has 3 rings (SSSR count). The maximum atomic E-state index is 5.85. The molecule has 2 atom stereocenters. The van der Waals surface area contributed by atoms with Gasteiger partial charge in [-0.05, 0) is 36.2 Å². The summed E-state index contributed by atoms with van der Waals surface area (Å²) in [7, 11) is 0. The van der Waals surface area contributed by atoms with Gasteiger partial charge in [-0.15, -0.1) is 0 Å². The lowest BCUT2D eigenvalue weighted by Crippen LogP contribution is -2.22. The number of rotatable bonds is 4. The molecule has 104 valence electrons. The summed E-state index contributed by atoms with van der Waals surface area (Å²) in [5.74, 6) is 1.84. The maximum Gasteiger partial charge on any atom is 0.137 e. The van der Waals surface area contributed by atoms with E-state index in [1.807, 2.05) is 49.4 Å². The second kappa shape index (κ2) is 5.55. The van der Waals surface area contributed by atoms with Crippen LogP contribution in [0.25, 0.3) is 0 Å². The minimum absolute atomic E-state index is 0.0525. The van der Waals surface area contributed by atoms with Crippen molar-refractivity contribution in [1.82, 2.24) is 0 Å². The van der Waals surface area contributed by atoms with Crippen LogP contribution >= 0.6 is 0 Å². The van der Waals surface area contributed by atoms with Crippen molar-refractivity contribution >= 4 is 0 Å². The first kappa shape index (κ1) is 13.0. The fourth-order valence-electron chi connectivity index (χ4n) is 2.40. The van der Waals surface area contributed by atoms with Gasteiger partial charge in [0.1, 0.15) is 24.2 Å². The molecule has 0 saturated heterocycles. The molecule has 0 saturated carbocycles. The van der Waals surface area contributed by atoms with Gasteiger partial charge in [-0.1, -0.05) is 30.3 Å². The average molecular weight is 269 g/mol. The molecule has 0 aliphatic carbocycles. The molecular formula is C17H19NO2. The standard InChI is InChI=1S/C17H19NO2/c1-12(18)13-6-8-15(9-7-13)19-11-16-10-14-4-2-3-5-17(14)20-16/h2-9,12,16H,10-11,18H2,1H3/t12-,16?/m0/s1. The van der Waals surface area contributed by atoms with E-state index in [0.29, 0.717) is 6.61 Å². The summed E-state index contributed by atoms with van der Waals surface area (Å²) in [5, 5.41) is 0. The van der Waals surface area contributed by atoms with Crippen molar-refractivity contribution in [1.29, 1.82) is 0 Å². The molecule has 20 heavy (non-hydrogen) atoms. The lowest BCUT2D eigenvalue weighted by molar-refractivity contribution is 0.148. The Morgan fingerprint density at radius 2 is 1.95 bits per heavy atom. The fraction of sp³-hybridized carbons (Fsp3) is 0.294. The molecule has 0 spiro atoms. The van der Waals surface area contributed by atoms with Gasteiger partial charge in [0.15, 0.2) is 0 Å². The molecule has 1 aliphatic rings. The Kier molecular flexibility index (Phi) is 3.61. The molecule has 2 N–H and O–H groups in total. The maximum absolute atomic E-state index is 5.85. The van der Waals surface area contributed by atoms with Gasteiger partial charge in [-0.2, -0.15) is 0 Å². The molecule has 2 aromatic carbocycles. The highest BCUT2D eigenvalue weighted by Crippen LogP contribution is 2.28. The van der Waals surface area contributed by atoms with E-state index in [1.54, 1.807) is 0 Å². The predicted octanol–water partition coefficient (Wildman–Crippen LogP) is 3.09. The summed E-state index contributed by atoms with van der Waals surface area (Å²) in [5.41, 5.74) is 8.20. The minimum atomic E-state index is 0.0525. The first-order valence-electron chi connectivity index (χ1n) is 6.95. The first-order valence-corrected chi connectivity index (χ1v) is 6.95. The van der Waals surface area contributed by atoms with Gasteiger partial charge >= 0.3 is 0 Å². The monoisotopic (exact) mass is 269 g/mol. The minimum Gasteiger partial charge on any atom is -0.490 e. The highest BCUT2D eigenvalue weighted by Gasteiger charge is 2.22. The smallest absolute Gasteiger partial charge is 0.137 e. The van der Waals surface area contributed by atoms with E-state index < -0.39 is 0 Å². The number of hydrogen-bond donors (Lipinski definition) is 1. The van der Waals surface area contributed by atoms with Crippen LogP contribution in [-0.2, 0) is 6.42 Å². The first-order chi connectivity index (χ1) is 9.72. The summed E-state index contributed by atoms with van der Waals surface area (Å²) in [6.07, 6.45) is 1.01. The van der Waals surface area contributed by atoms with Gasteiger partial charge in [0.2, 0.25) is 0 Å². The molecule has 0 fully saturated rings. The Bertz CT molecular complexity index is 553. The highest BCUT2D eigenvalue weighted by atomic mass is 16.5. The van der Waals surface area contributed by atoms with Gasteiger partial charge in [0.25, 0.3) is 0 Å². The van der Waals surface area contributed by atoms with E-state index in [1.165, 1.54) is 5.56 Å². The summed E-state index contributed by atoms with van der Waals surface area (Å²) in [4.78, 5) is 0. The van der Waals surface area contributed by atoms with Crippen molar-refractivity contribution in [3.8, 4) is 11.5 Å². The molecule has 0 amide bonds. The van der Waals surface area contributed by atoms with Gasteiger partial charge in [-0.3, -0.25) is 0 Å². The molecule has 1 aliphatic heterocycles. The summed E-state index contributed by atoms with van der Waals surface area (Å²) < 4.78 is 11.6. The zero-order valence-electron chi connectivity index (χ0n) is 11.6. The molecule has 0 radical (unpaired) electrons. The average Bonchev–Trinajstić information content (AvgIpc) is 2.88. The van der Waals surface area contributed by atoms with Crippen molar-refractivity contribution in [3.63, 3.8) is 0 Å². The van der Waals surface area contributed by atoms with Crippen LogP contribution in [0.1, 0.15) is 24.1 Å². The van der Waals surface area contributed by atoms with Crippen molar-refractivity contribution in [2.75, 3.05) is 6.61 Å².